The van der Waals surface area contributed by atoms with Crippen LogP contribution in [0.1, 0.15) is 18.2 Å². The summed E-state index contributed by atoms with van der Waals surface area (Å²) in [4.78, 5) is 3.94. The van der Waals surface area contributed by atoms with Gasteiger partial charge in [0.2, 0.25) is 6.39 Å². The Morgan fingerprint density at radius 3 is 3.20 bits per heavy atom. The zero-order chi connectivity index (χ0) is 6.81. The molecular formula is C6H8N2O2. The molecule has 0 N–H and O–H groups in total. The number of hydrogen-bond acceptors (Lipinski definition) is 4. The zero-order valence-corrected chi connectivity index (χ0v) is 5.49. The van der Waals surface area contributed by atoms with E-state index in [-0.39, 0.29) is 0 Å². The van der Waals surface area contributed by atoms with Crippen LogP contribution in [0, 0.1) is 0 Å². The van der Waals surface area contributed by atoms with Crippen LogP contribution < -0.4 is 0 Å². The van der Waals surface area contributed by atoms with Gasteiger partial charge in [-0.2, -0.15) is 4.98 Å². The molecule has 0 bridgehead atoms. The molecule has 2 rings (SSSR count). The fourth-order valence-corrected chi connectivity index (χ4v) is 1.10. The van der Waals surface area contributed by atoms with Gasteiger partial charge in [-0.05, 0) is 6.42 Å². The van der Waals surface area contributed by atoms with Gasteiger partial charge in [0.05, 0.1) is 6.61 Å². The molecule has 0 saturated carbocycles. The molecule has 2 heterocycles. The van der Waals surface area contributed by atoms with Crippen molar-refractivity contribution >= 4 is 0 Å². The number of nitrogens with zero attached hydrogens (tertiary/aromatic N) is 2. The van der Waals surface area contributed by atoms with Gasteiger partial charge in [0.15, 0.2) is 5.82 Å². The lowest BCUT2D eigenvalue weighted by Crippen LogP contribution is -1.98. The standard InChI is InChI=1S/C6H8N2O2/c1-2-9-3-5(1)6-7-4-10-8-6/h4-5H,1-3H2. The van der Waals surface area contributed by atoms with Gasteiger partial charge in [-0.25, -0.2) is 0 Å². The van der Waals surface area contributed by atoms with E-state index in [2.05, 4.69) is 14.7 Å². The topological polar surface area (TPSA) is 48.2 Å². The number of aromatic nitrogens is 2. The molecule has 1 unspecified atom stereocenters. The smallest absolute Gasteiger partial charge is 0.213 e. The molecule has 4 nitrogen and oxygen atoms in total. The molecule has 1 aromatic heterocycles. The average molecular weight is 140 g/mol. The van der Waals surface area contributed by atoms with Gasteiger partial charge >= 0.3 is 0 Å². The predicted octanol–water partition coefficient (Wildman–Crippen LogP) is 0.573. The Labute approximate surface area is 58.2 Å². The van der Waals surface area contributed by atoms with E-state index in [9.17, 15) is 0 Å². The summed E-state index contributed by atoms with van der Waals surface area (Å²) in [5, 5.41) is 3.73. The zero-order valence-electron chi connectivity index (χ0n) is 5.49. The van der Waals surface area contributed by atoms with Crippen LogP contribution in [0.25, 0.3) is 0 Å². The lowest BCUT2D eigenvalue weighted by Gasteiger charge is -1.96. The molecule has 54 valence electrons. The first-order chi connectivity index (χ1) is 4.97. The van der Waals surface area contributed by atoms with Gasteiger partial charge in [-0.15, -0.1) is 0 Å². The Hall–Kier alpha value is -0.900. The Kier molecular flexibility index (Phi) is 1.39. The summed E-state index contributed by atoms with van der Waals surface area (Å²) in [5.41, 5.74) is 0. The monoisotopic (exact) mass is 140 g/mol. The van der Waals surface area contributed by atoms with Crippen LogP contribution in [0.2, 0.25) is 0 Å². The van der Waals surface area contributed by atoms with Crippen molar-refractivity contribution < 1.29 is 9.26 Å². The second-order valence-corrected chi connectivity index (χ2v) is 2.35. The summed E-state index contributed by atoms with van der Waals surface area (Å²) < 4.78 is 9.77. The predicted molar refractivity (Wildman–Crippen MR) is 32.5 cm³/mol. The summed E-state index contributed by atoms with van der Waals surface area (Å²) in [6.07, 6.45) is 2.37. The molecule has 1 saturated heterocycles. The van der Waals surface area contributed by atoms with Crippen LogP contribution in [0.4, 0.5) is 0 Å². The quantitative estimate of drug-likeness (QED) is 0.572. The number of rotatable bonds is 1. The summed E-state index contributed by atoms with van der Waals surface area (Å²) in [6.45, 7) is 1.55. The van der Waals surface area contributed by atoms with Crippen LogP contribution in [-0.2, 0) is 4.74 Å². The first-order valence-electron chi connectivity index (χ1n) is 3.31. The van der Waals surface area contributed by atoms with Gasteiger partial charge in [0.1, 0.15) is 0 Å². The van der Waals surface area contributed by atoms with Crippen LogP contribution >= 0.6 is 0 Å². The number of hydrogen-bond donors (Lipinski definition) is 0. The molecule has 1 aliphatic heterocycles. The van der Waals surface area contributed by atoms with Crippen LogP contribution in [0.15, 0.2) is 10.9 Å². The molecule has 10 heavy (non-hydrogen) atoms. The van der Waals surface area contributed by atoms with Gasteiger partial charge < -0.3 is 9.26 Å². The molecule has 0 amide bonds. The Balaban J connectivity index is 2.12. The third-order valence-electron chi connectivity index (χ3n) is 1.67. The van der Waals surface area contributed by atoms with E-state index in [1.807, 2.05) is 0 Å². The highest BCUT2D eigenvalue weighted by Gasteiger charge is 2.21. The Morgan fingerprint density at radius 1 is 1.60 bits per heavy atom. The molecule has 1 atom stereocenters. The highest BCUT2D eigenvalue weighted by atomic mass is 16.5. The van der Waals surface area contributed by atoms with Crippen LogP contribution in [0.3, 0.4) is 0 Å². The van der Waals surface area contributed by atoms with E-state index in [1.54, 1.807) is 0 Å². The van der Waals surface area contributed by atoms with Crippen LogP contribution in [0.5, 0.6) is 0 Å². The first kappa shape index (κ1) is 5.85. The normalized spacial score (nSPS) is 25.4. The number of ether oxygens (including phenoxy) is 1. The van der Waals surface area contributed by atoms with Gasteiger partial charge in [0.25, 0.3) is 0 Å². The minimum Gasteiger partial charge on any atom is -0.381 e. The highest BCUT2D eigenvalue weighted by Crippen LogP contribution is 2.21. The Morgan fingerprint density at radius 2 is 2.60 bits per heavy atom. The lowest BCUT2D eigenvalue weighted by molar-refractivity contribution is 0.192. The maximum Gasteiger partial charge on any atom is 0.213 e. The van der Waals surface area contributed by atoms with Crippen molar-refractivity contribution in [3.8, 4) is 0 Å². The van der Waals surface area contributed by atoms with Crippen molar-refractivity contribution in [3.05, 3.63) is 12.2 Å². The maximum absolute atomic E-state index is 5.16. The molecular weight excluding hydrogens is 132 g/mol. The van der Waals surface area contributed by atoms with E-state index in [4.69, 9.17) is 4.74 Å². The van der Waals surface area contributed by atoms with Crippen LogP contribution in [-0.4, -0.2) is 23.4 Å². The van der Waals surface area contributed by atoms with Crippen molar-refractivity contribution in [2.45, 2.75) is 12.3 Å². The second kappa shape index (κ2) is 2.38. The summed E-state index contributed by atoms with van der Waals surface area (Å²) >= 11 is 0. The molecule has 0 aromatic carbocycles. The molecule has 1 aliphatic rings. The summed E-state index contributed by atoms with van der Waals surface area (Å²) in [7, 11) is 0. The van der Waals surface area contributed by atoms with E-state index >= 15 is 0 Å². The van der Waals surface area contributed by atoms with E-state index in [1.165, 1.54) is 6.39 Å². The molecule has 1 fully saturated rings. The molecule has 0 radical (unpaired) electrons. The summed E-state index contributed by atoms with van der Waals surface area (Å²) in [5.74, 6) is 1.14. The van der Waals surface area contributed by atoms with Crippen molar-refractivity contribution in [1.29, 1.82) is 0 Å². The average Bonchev–Trinajstić information content (AvgIpc) is 2.59. The first-order valence-corrected chi connectivity index (χ1v) is 3.31. The Bertz CT molecular complexity index is 192. The van der Waals surface area contributed by atoms with Gasteiger partial charge in [-0.1, -0.05) is 5.16 Å². The fourth-order valence-electron chi connectivity index (χ4n) is 1.10. The fraction of sp³-hybridized carbons (Fsp3) is 0.667. The van der Waals surface area contributed by atoms with E-state index in [0.717, 1.165) is 25.5 Å². The molecule has 0 aliphatic carbocycles. The van der Waals surface area contributed by atoms with Crippen molar-refractivity contribution in [2.24, 2.45) is 0 Å². The van der Waals surface area contributed by atoms with Gasteiger partial charge in [-0.3, -0.25) is 0 Å². The van der Waals surface area contributed by atoms with Gasteiger partial charge in [0, 0.05) is 12.5 Å². The molecule has 4 heteroatoms. The lowest BCUT2D eigenvalue weighted by atomic mass is 10.1. The SMILES string of the molecule is c1nc(C2CCOC2)no1. The largest absolute Gasteiger partial charge is 0.381 e. The highest BCUT2D eigenvalue weighted by molar-refractivity contribution is 4.93. The van der Waals surface area contributed by atoms with Crippen molar-refractivity contribution in [1.82, 2.24) is 10.1 Å². The van der Waals surface area contributed by atoms with E-state index < -0.39 is 0 Å². The maximum atomic E-state index is 5.16. The minimum absolute atomic E-state index is 0.360. The third kappa shape index (κ3) is 0.903. The summed E-state index contributed by atoms with van der Waals surface area (Å²) in [6, 6.07) is 0. The molecule has 1 aromatic rings. The van der Waals surface area contributed by atoms with Crippen molar-refractivity contribution in [3.63, 3.8) is 0 Å². The third-order valence-corrected chi connectivity index (χ3v) is 1.67. The second-order valence-electron chi connectivity index (χ2n) is 2.35. The van der Waals surface area contributed by atoms with Crippen molar-refractivity contribution in [2.75, 3.05) is 13.2 Å². The van der Waals surface area contributed by atoms with E-state index in [0.29, 0.717) is 5.92 Å². The molecule has 0 spiro atoms. The minimum atomic E-state index is 0.360.